The number of rotatable bonds is 3. The minimum atomic E-state index is -0.296. The zero-order chi connectivity index (χ0) is 12.3. The van der Waals surface area contributed by atoms with Crippen molar-refractivity contribution in [2.24, 2.45) is 0 Å². The number of hydrogen-bond donors (Lipinski definition) is 1. The van der Waals surface area contributed by atoms with Crippen molar-refractivity contribution in [1.29, 1.82) is 0 Å². The van der Waals surface area contributed by atoms with Crippen LogP contribution in [0.3, 0.4) is 0 Å². The Morgan fingerprint density at radius 2 is 2.29 bits per heavy atom. The van der Waals surface area contributed by atoms with E-state index in [1.54, 1.807) is 6.20 Å². The van der Waals surface area contributed by atoms with Gasteiger partial charge in [0.05, 0.1) is 19.0 Å². The first kappa shape index (κ1) is 11.4. The SMILES string of the molecule is COC(=O)Cc1ncc(-c2cccc(C)c2)[nH]1. The number of aromatic nitrogens is 2. The Kier molecular flexibility index (Phi) is 3.23. The van der Waals surface area contributed by atoms with Gasteiger partial charge in [-0.2, -0.15) is 0 Å². The Morgan fingerprint density at radius 3 is 3.00 bits per heavy atom. The van der Waals surface area contributed by atoms with Crippen LogP contribution in [-0.2, 0) is 16.0 Å². The minimum absolute atomic E-state index is 0.169. The van der Waals surface area contributed by atoms with Crippen molar-refractivity contribution in [3.8, 4) is 11.3 Å². The molecule has 0 aliphatic carbocycles. The van der Waals surface area contributed by atoms with Gasteiger partial charge in [0.25, 0.3) is 0 Å². The number of aromatic amines is 1. The van der Waals surface area contributed by atoms with Gasteiger partial charge in [-0.3, -0.25) is 4.79 Å². The van der Waals surface area contributed by atoms with Gasteiger partial charge in [0.15, 0.2) is 0 Å². The molecule has 1 aromatic carbocycles. The first-order valence-corrected chi connectivity index (χ1v) is 5.37. The molecule has 0 bridgehead atoms. The smallest absolute Gasteiger partial charge is 0.313 e. The van der Waals surface area contributed by atoms with Gasteiger partial charge in [0.1, 0.15) is 12.2 Å². The molecule has 0 aliphatic rings. The van der Waals surface area contributed by atoms with Crippen molar-refractivity contribution < 1.29 is 9.53 Å². The van der Waals surface area contributed by atoms with E-state index in [1.165, 1.54) is 12.7 Å². The molecule has 0 amide bonds. The number of esters is 1. The van der Waals surface area contributed by atoms with E-state index in [0.29, 0.717) is 5.82 Å². The molecule has 0 spiro atoms. The van der Waals surface area contributed by atoms with Crippen LogP contribution in [-0.4, -0.2) is 23.0 Å². The maximum Gasteiger partial charge on any atom is 0.313 e. The summed E-state index contributed by atoms with van der Waals surface area (Å²) in [4.78, 5) is 18.4. The molecule has 0 unspecified atom stereocenters. The van der Waals surface area contributed by atoms with Crippen LogP contribution in [0.2, 0.25) is 0 Å². The van der Waals surface area contributed by atoms with Crippen LogP contribution in [0.15, 0.2) is 30.5 Å². The molecule has 2 aromatic rings. The maximum absolute atomic E-state index is 11.1. The van der Waals surface area contributed by atoms with Crippen molar-refractivity contribution in [2.75, 3.05) is 7.11 Å². The standard InChI is InChI=1S/C13H14N2O2/c1-9-4-3-5-10(6-9)11-8-14-12(15-11)7-13(16)17-2/h3-6,8H,7H2,1-2H3,(H,14,15). The molecule has 0 aliphatic heterocycles. The summed E-state index contributed by atoms with van der Waals surface area (Å²) in [7, 11) is 1.37. The maximum atomic E-state index is 11.1. The van der Waals surface area contributed by atoms with E-state index in [9.17, 15) is 4.79 Å². The Hall–Kier alpha value is -2.10. The van der Waals surface area contributed by atoms with Crippen molar-refractivity contribution in [1.82, 2.24) is 9.97 Å². The van der Waals surface area contributed by atoms with Crippen LogP contribution < -0.4 is 0 Å². The highest BCUT2D eigenvalue weighted by Gasteiger charge is 2.07. The first-order valence-electron chi connectivity index (χ1n) is 5.37. The first-order chi connectivity index (χ1) is 8.19. The van der Waals surface area contributed by atoms with Gasteiger partial charge in [-0.1, -0.05) is 23.8 Å². The third-order valence-corrected chi connectivity index (χ3v) is 2.50. The summed E-state index contributed by atoms with van der Waals surface area (Å²) in [6.45, 7) is 2.04. The molecule has 0 fully saturated rings. The summed E-state index contributed by atoms with van der Waals surface area (Å²) in [5, 5.41) is 0. The number of ether oxygens (including phenoxy) is 1. The average Bonchev–Trinajstić information content (AvgIpc) is 2.77. The highest BCUT2D eigenvalue weighted by molar-refractivity contribution is 5.71. The van der Waals surface area contributed by atoms with E-state index >= 15 is 0 Å². The Bertz CT molecular complexity index is 532. The van der Waals surface area contributed by atoms with Crippen LogP contribution in [0.5, 0.6) is 0 Å². The fourth-order valence-electron chi connectivity index (χ4n) is 1.62. The predicted molar refractivity (Wildman–Crippen MR) is 64.5 cm³/mol. The van der Waals surface area contributed by atoms with E-state index in [-0.39, 0.29) is 12.4 Å². The highest BCUT2D eigenvalue weighted by atomic mass is 16.5. The molecule has 4 heteroatoms. The Balaban J connectivity index is 2.21. The zero-order valence-corrected chi connectivity index (χ0v) is 9.86. The number of carbonyl (C=O) groups is 1. The fourth-order valence-corrected chi connectivity index (χ4v) is 1.62. The number of H-pyrrole nitrogens is 1. The second-order valence-corrected chi connectivity index (χ2v) is 3.87. The third kappa shape index (κ3) is 2.72. The van der Waals surface area contributed by atoms with E-state index in [0.717, 1.165) is 11.3 Å². The van der Waals surface area contributed by atoms with Crippen LogP contribution in [0.1, 0.15) is 11.4 Å². The van der Waals surface area contributed by atoms with Gasteiger partial charge >= 0.3 is 5.97 Å². The van der Waals surface area contributed by atoms with E-state index < -0.39 is 0 Å². The lowest BCUT2D eigenvalue weighted by Crippen LogP contribution is -2.05. The van der Waals surface area contributed by atoms with Crippen molar-refractivity contribution in [3.05, 3.63) is 41.9 Å². The van der Waals surface area contributed by atoms with Crippen LogP contribution in [0, 0.1) is 6.92 Å². The number of nitrogens with one attached hydrogen (secondary N) is 1. The average molecular weight is 230 g/mol. The van der Waals surface area contributed by atoms with Gasteiger partial charge in [-0.25, -0.2) is 4.98 Å². The normalized spacial score (nSPS) is 10.2. The summed E-state index contributed by atoms with van der Waals surface area (Å²) >= 11 is 0. The lowest BCUT2D eigenvalue weighted by Gasteiger charge is -1.99. The molecule has 1 heterocycles. The molecule has 0 saturated carbocycles. The Morgan fingerprint density at radius 1 is 1.47 bits per heavy atom. The lowest BCUT2D eigenvalue weighted by molar-refractivity contribution is -0.139. The largest absolute Gasteiger partial charge is 0.469 e. The monoisotopic (exact) mass is 230 g/mol. The number of hydrogen-bond acceptors (Lipinski definition) is 3. The van der Waals surface area contributed by atoms with Crippen LogP contribution in [0.4, 0.5) is 0 Å². The molecule has 17 heavy (non-hydrogen) atoms. The van der Waals surface area contributed by atoms with Gasteiger partial charge < -0.3 is 9.72 Å². The summed E-state index contributed by atoms with van der Waals surface area (Å²) < 4.78 is 4.59. The molecule has 2 rings (SSSR count). The summed E-state index contributed by atoms with van der Waals surface area (Å²) in [5.74, 6) is 0.323. The molecule has 1 N–H and O–H groups in total. The zero-order valence-electron chi connectivity index (χ0n) is 9.86. The molecule has 0 atom stereocenters. The molecular formula is C13H14N2O2. The number of imidazole rings is 1. The van der Waals surface area contributed by atoms with Gasteiger partial charge in [-0.15, -0.1) is 0 Å². The second kappa shape index (κ2) is 4.82. The summed E-state index contributed by atoms with van der Waals surface area (Å²) in [6, 6.07) is 8.10. The van der Waals surface area contributed by atoms with E-state index in [2.05, 4.69) is 20.8 Å². The van der Waals surface area contributed by atoms with E-state index in [1.807, 2.05) is 25.1 Å². The predicted octanol–water partition coefficient (Wildman–Crippen LogP) is 2.10. The molecule has 0 saturated heterocycles. The van der Waals surface area contributed by atoms with Gasteiger partial charge in [0, 0.05) is 0 Å². The summed E-state index contributed by atoms with van der Waals surface area (Å²) in [5.41, 5.74) is 3.16. The molecule has 88 valence electrons. The number of aryl methyl sites for hydroxylation is 1. The minimum Gasteiger partial charge on any atom is -0.469 e. The summed E-state index contributed by atoms with van der Waals surface area (Å²) in [6.07, 6.45) is 1.90. The number of carbonyl (C=O) groups excluding carboxylic acids is 1. The van der Waals surface area contributed by atoms with Crippen molar-refractivity contribution in [3.63, 3.8) is 0 Å². The van der Waals surface area contributed by atoms with Crippen molar-refractivity contribution in [2.45, 2.75) is 13.3 Å². The molecular weight excluding hydrogens is 216 g/mol. The lowest BCUT2D eigenvalue weighted by atomic mass is 10.1. The topological polar surface area (TPSA) is 55.0 Å². The second-order valence-electron chi connectivity index (χ2n) is 3.87. The van der Waals surface area contributed by atoms with Gasteiger partial charge in [0.2, 0.25) is 0 Å². The molecule has 0 radical (unpaired) electrons. The van der Waals surface area contributed by atoms with E-state index in [4.69, 9.17) is 0 Å². The van der Waals surface area contributed by atoms with Gasteiger partial charge in [-0.05, 0) is 18.6 Å². The fraction of sp³-hybridized carbons (Fsp3) is 0.231. The number of benzene rings is 1. The van der Waals surface area contributed by atoms with Crippen molar-refractivity contribution >= 4 is 5.97 Å². The quantitative estimate of drug-likeness (QED) is 0.821. The van der Waals surface area contributed by atoms with Crippen LogP contribution in [0.25, 0.3) is 11.3 Å². The molecule has 4 nitrogen and oxygen atoms in total. The van der Waals surface area contributed by atoms with Crippen LogP contribution >= 0.6 is 0 Å². The number of methoxy groups -OCH3 is 1. The third-order valence-electron chi connectivity index (χ3n) is 2.50. The highest BCUT2D eigenvalue weighted by Crippen LogP contribution is 2.18. The Labute approximate surface area is 99.7 Å². The molecule has 1 aromatic heterocycles. The number of nitrogens with zero attached hydrogens (tertiary/aromatic N) is 1.